The molecule has 0 atom stereocenters. The molecule has 0 spiro atoms. The lowest BCUT2D eigenvalue weighted by molar-refractivity contribution is 0.242. The van der Waals surface area contributed by atoms with Crippen LogP contribution in [-0.2, 0) is 0 Å². The summed E-state index contributed by atoms with van der Waals surface area (Å²) in [5, 5.41) is 3.17. The lowest BCUT2D eigenvalue weighted by Gasteiger charge is -2.09. The molecule has 0 fully saturated rings. The minimum Gasteiger partial charge on any atom is -0.491 e. The number of ether oxygens (including phenoxy) is 1. The van der Waals surface area contributed by atoms with E-state index in [1.54, 1.807) is 10.6 Å². The molecule has 1 aromatic carbocycles. The highest BCUT2D eigenvalue weighted by molar-refractivity contribution is 5.75. The molecule has 2 aromatic heterocycles. The molecular weight excluding hydrogens is 278 g/mol. The summed E-state index contributed by atoms with van der Waals surface area (Å²) in [7, 11) is 0. The van der Waals surface area contributed by atoms with Crippen LogP contribution in [0.1, 0.15) is 19.4 Å². The van der Waals surface area contributed by atoms with E-state index in [0.29, 0.717) is 11.5 Å². The standard InChI is InChI=1S/C17H17N3O2/c1-11(2)22-14-8-6-13(7-9-14)15-17(19-21)20-10-4-5-12(3)16(20)18-15/h4-11H,1-3H3. The first-order valence-corrected chi connectivity index (χ1v) is 7.18. The summed E-state index contributed by atoms with van der Waals surface area (Å²) in [6, 6.07) is 11.4. The Balaban J connectivity index is 2.09. The van der Waals surface area contributed by atoms with Gasteiger partial charge < -0.3 is 4.74 Å². The number of benzene rings is 1. The van der Waals surface area contributed by atoms with Crippen LogP contribution in [0.15, 0.2) is 47.8 Å². The van der Waals surface area contributed by atoms with Gasteiger partial charge in [-0.05, 0) is 61.8 Å². The second-order valence-corrected chi connectivity index (χ2v) is 5.45. The van der Waals surface area contributed by atoms with Crippen molar-refractivity contribution in [3.63, 3.8) is 0 Å². The molecule has 0 amide bonds. The second kappa shape index (κ2) is 5.60. The minimum absolute atomic E-state index is 0.121. The molecule has 3 rings (SSSR count). The lowest BCUT2D eigenvalue weighted by atomic mass is 10.1. The number of aromatic nitrogens is 2. The first-order valence-electron chi connectivity index (χ1n) is 7.18. The van der Waals surface area contributed by atoms with Gasteiger partial charge in [-0.1, -0.05) is 6.07 Å². The highest BCUT2D eigenvalue weighted by atomic mass is 16.5. The van der Waals surface area contributed by atoms with Gasteiger partial charge in [0.2, 0.25) is 5.82 Å². The average Bonchev–Trinajstić information content (AvgIpc) is 2.87. The Bertz CT molecular complexity index is 820. The van der Waals surface area contributed by atoms with Crippen LogP contribution in [0.25, 0.3) is 16.9 Å². The summed E-state index contributed by atoms with van der Waals surface area (Å²) < 4.78 is 7.35. The van der Waals surface area contributed by atoms with Crippen LogP contribution < -0.4 is 4.74 Å². The zero-order valence-corrected chi connectivity index (χ0v) is 12.8. The maximum absolute atomic E-state index is 11.3. The first kappa shape index (κ1) is 14.3. The number of hydrogen-bond acceptors (Lipinski definition) is 4. The molecule has 0 saturated heterocycles. The van der Waals surface area contributed by atoms with E-state index in [2.05, 4.69) is 10.2 Å². The van der Waals surface area contributed by atoms with Crippen LogP contribution in [-0.4, -0.2) is 15.5 Å². The molecule has 3 aromatic rings. The van der Waals surface area contributed by atoms with Crippen molar-refractivity contribution >= 4 is 11.5 Å². The Kier molecular flexibility index (Phi) is 3.63. The Morgan fingerprint density at radius 1 is 1.18 bits per heavy atom. The number of hydrogen-bond donors (Lipinski definition) is 0. The molecule has 22 heavy (non-hydrogen) atoms. The lowest BCUT2D eigenvalue weighted by Crippen LogP contribution is -2.05. The Morgan fingerprint density at radius 2 is 1.91 bits per heavy atom. The van der Waals surface area contributed by atoms with E-state index in [-0.39, 0.29) is 6.10 Å². The fourth-order valence-electron chi connectivity index (χ4n) is 2.44. The van der Waals surface area contributed by atoms with Crippen molar-refractivity contribution in [2.24, 2.45) is 5.18 Å². The molecular formula is C17H17N3O2. The smallest absolute Gasteiger partial charge is 0.209 e. The van der Waals surface area contributed by atoms with Gasteiger partial charge >= 0.3 is 0 Å². The van der Waals surface area contributed by atoms with E-state index < -0.39 is 0 Å². The van der Waals surface area contributed by atoms with Crippen LogP contribution in [0.4, 0.5) is 5.82 Å². The summed E-state index contributed by atoms with van der Waals surface area (Å²) in [5.41, 5.74) is 3.17. The number of rotatable bonds is 4. The third-order valence-electron chi connectivity index (χ3n) is 3.41. The zero-order chi connectivity index (χ0) is 15.7. The zero-order valence-electron chi connectivity index (χ0n) is 12.8. The molecule has 112 valence electrons. The monoisotopic (exact) mass is 295 g/mol. The van der Waals surface area contributed by atoms with Crippen LogP contribution in [0, 0.1) is 11.8 Å². The predicted octanol–water partition coefficient (Wildman–Crippen LogP) is 4.49. The molecule has 0 aliphatic carbocycles. The normalized spacial score (nSPS) is 11.1. The van der Waals surface area contributed by atoms with Gasteiger partial charge in [-0.25, -0.2) is 4.98 Å². The Labute approximate surface area is 128 Å². The number of nitroso groups, excluding NO2 is 1. The quantitative estimate of drug-likeness (QED) is 0.666. The summed E-state index contributed by atoms with van der Waals surface area (Å²) in [5.74, 6) is 1.11. The Hall–Kier alpha value is -2.69. The molecule has 0 radical (unpaired) electrons. The fraction of sp³-hybridized carbons (Fsp3) is 0.235. The summed E-state index contributed by atoms with van der Waals surface area (Å²) in [6.45, 7) is 5.92. The van der Waals surface area contributed by atoms with E-state index in [4.69, 9.17) is 4.74 Å². The van der Waals surface area contributed by atoms with Gasteiger partial charge in [0.05, 0.1) is 6.10 Å². The van der Waals surface area contributed by atoms with E-state index in [0.717, 1.165) is 22.5 Å². The third-order valence-corrected chi connectivity index (χ3v) is 3.41. The average molecular weight is 295 g/mol. The van der Waals surface area contributed by atoms with Gasteiger partial charge in [0, 0.05) is 11.8 Å². The predicted molar refractivity (Wildman–Crippen MR) is 86.6 cm³/mol. The largest absolute Gasteiger partial charge is 0.491 e. The van der Waals surface area contributed by atoms with Gasteiger partial charge in [-0.2, -0.15) is 0 Å². The molecule has 0 aliphatic rings. The fourth-order valence-corrected chi connectivity index (χ4v) is 2.44. The molecule has 2 heterocycles. The van der Waals surface area contributed by atoms with Crippen molar-refractivity contribution < 1.29 is 4.74 Å². The maximum atomic E-state index is 11.3. The van der Waals surface area contributed by atoms with E-state index >= 15 is 0 Å². The molecule has 0 unspecified atom stereocenters. The summed E-state index contributed by atoms with van der Waals surface area (Å²) in [6.07, 6.45) is 1.92. The van der Waals surface area contributed by atoms with Crippen molar-refractivity contribution in [2.75, 3.05) is 0 Å². The number of imidazole rings is 1. The van der Waals surface area contributed by atoms with Crippen LogP contribution in [0.3, 0.4) is 0 Å². The van der Waals surface area contributed by atoms with E-state index in [1.807, 2.05) is 57.2 Å². The van der Waals surface area contributed by atoms with Crippen molar-refractivity contribution in [2.45, 2.75) is 26.9 Å². The number of fused-ring (bicyclic) bond motifs is 1. The van der Waals surface area contributed by atoms with Crippen molar-refractivity contribution in [1.82, 2.24) is 9.38 Å². The van der Waals surface area contributed by atoms with Crippen molar-refractivity contribution in [3.05, 3.63) is 53.1 Å². The molecule has 5 heteroatoms. The van der Waals surface area contributed by atoms with E-state index in [1.165, 1.54) is 0 Å². The highest BCUT2D eigenvalue weighted by Gasteiger charge is 2.15. The van der Waals surface area contributed by atoms with Crippen molar-refractivity contribution in [1.29, 1.82) is 0 Å². The van der Waals surface area contributed by atoms with E-state index in [9.17, 15) is 4.91 Å². The third kappa shape index (κ3) is 2.45. The van der Waals surface area contributed by atoms with Gasteiger partial charge in [0.25, 0.3) is 0 Å². The molecule has 0 aliphatic heterocycles. The van der Waals surface area contributed by atoms with Gasteiger partial charge in [0.1, 0.15) is 17.1 Å². The summed E-state index contributed by atoms with van der Waals surface area (Å²) in [4.78, 5) is 15.8. The van der Waals surface area contributed by atoms with Gasteiger partial charge in [-0.3, -0.25) is 4.40 Å². The highest BCUT2D eigenvalue weighted by Crippen LogP contribution is 2.32. The summed E-state index contributed by atoms with van der Waals surface area (Å²) >= 11 is 0. The molecule has 0 saturated carbocycles. The second-order valence-electron chi connectivity index (χ2n) is 5.45. The minimum atomic E-state index is 0.121. The van der Waals surface area contributed by atoms with Gasteiger partial charge in [0.15, 0.2) is 0 Å². The van der Waals surface area contributed by atoms with Gasteiger partial charge in [-0.15, -0.1) is 4.91 Å². The molecule has 0 N–H and O–H groups in total. The maximum Gasteiger partial charge on any atom is 0.209 e. The van der Waals surface area contributed by atoms with Crippen LogP contribution in [0.2, 0.25) is 0 Å². The molecule has 0 bridgehead atoms. The van der Waals surface area contributed by atoms with Crippen LogP contribution >= 0.6 is 0 Å². The van der Waals surface area contributed by atoms with Crippen molar-refractivity contribution in [3.8, 4) is 17.0 Å². The first-order chi connectivity index (χ1) is 10.6. The number of aryl methyl sites for hydroxylation is 1. The Morgan fingerprint density at radius 3 is 2.55 bits per heavy atom. The molecule has 5 nitrogen and oxygen atoms in total. The topological polar surface area (TPSA) is 56.0 Å². The number of pyridine rings is 1. The SMILES string of the molecule is Cc1cccn2c(N=O)c(-c3ccc(OC(C)C)cc3)nc12. The van der Waals surface area contributed by atoms with Crippen LogP contribution in [0.5, 0.6) is 5.75 Å². The number of nitrogens with zero attached hydrogens (tertiary/aromatic N) is 3.